The monoisotopic (exact) mass is 376 g/mol. The molecule has 0 bridgehead atoms. The van der Waals surface area contributed by atoms with Crippen molar-refractivity contribution in [2.75, 3.05) is 18.9 Å². The van der Waals surface area contributed by atoms with E-state index in [4.69, 9.17) is 0 Å². The number of hydrogen-bond acceptors (Lipinski definition) is 3. The number of ether oxygens (including phenoxy) is 1. The zero-order chi connectivity index (χ0) is 19.8. The van der Waals surface area contributed by atoms with Crippen molar-refractivity contribution >= 4 is 11.6 Å². The van der Waals surface area contributed by atoms with E-state index in [2.05, 4.69) is 23.9 Å². The Hall–Kier alpha value is -2.47. The molecule has 6 heteroatoms. The van der Waals surface area contributed by atoms with Crippen LogP contribution in [-0.2, 0) is 24.2 Å². The highest BCUT2D eigenvalue weighted by Crippen LogP contribution is 2.22. The highest BCUT2D eigenvalue weighted by Gasteiger charge is 2.12. The van der Waals surface area contributed by atoms with Crippen molar-refractivity contribution in [3.63, 3.8) is 0 Å². The van der Waals surface area contributed by atoms with Crippen molar-refractivity contribution < 1.29 is 18.3 Å². The van der Waals surface area contributed by atoms with E-state index in [1.165, 1.54) is 12.1 Å². The number of nitrogens with zero attached hydrogens (tertiary/aromatic N) is 1. The van der Waals surface area contributed by atoms with Crippen molar-refractivity contribution in [2.45, 2.75) is 39.8 Å². The minimum atomic E-state index is -2.83. The van der Waals surface area contributed by atoms with Gasteiger partial charge in [-0.2, -0.15) is 8.78 Å². The zero-order valence-electron chi connectivity index (χ0n) is 16.0. The number of benzene rings is 2. The number of alkyl halides is 2. The first kappa shape index (κ1) is 20.8. The quantitative estimate of drug-likeness (QED) is 0.701. The number of anilines is 1. The Labute approximate surface area is 159 Å². The van der Waals surface area contributed by atoms with Gasteiger partial charge in [-0.1, -0.05) is 44.2 Å². The van der Waals surface area contributed by atoms with E-state index in [-0.39, 0.29) is 18.2 Å². The third-order valence-corrected chi connectivity index (χ3v) is 4.28. The third kappa shape index (κ3) is 6.32. The van der Waals surface area contributed by atoms with E-state index in [9.17, 15) is 13.6 Å². The molecule has 0 radical (unpaired) electrons. The smallest absolute Gasteiger partial charge is 0.387 e. The van der Waals surface area contributed by atoms with Crippen molar-refractivity contribution in [2.24, 2.45) is 0 Å². The number of likely N-dealkylation sites (N-methyl/N-ethyl adjacent to an activating group) is 1. The van der Waals surface area contributed by atoms with Gasteiger partial charge in [0.25, 0.3) is 0 Å². The summed E-state index contributed by atoms with van der Waals surface area (Å²) in [6.07, 6.45) is 1.71. The molecule has 0 aliphatic heterocycles. The lowest BCUT2D eigenvalue weighted by Crippen LogP contribution is -2.30. The summed E-state index contributed by atoms with van der Waals surface area (Å²) in [5.74, 6) is 0.0446. The summed E-state index contributed by atoms with van der Waals surface area (Å²) in [4.78, 5) is 14.3. The third-order valence-electron chi connectivity index (χ3n) is 4.28. The molecule has 1 amide bonds. The summed E-state index contributed by atoms with van der Waals surface area (Å²) >= 11 is 0. The van der Waals surface area contributed by atoms with Gasteiger partial charge in [-0.25, -0.2) is 0 Å². The SMILES string of the molecule is CCc1cccc(CC)c1NC(=O)CN(C)Cc1ccc(OC(F)F)cc1. The molecule has 2 aromatic carbocycles. The van der Waals surface area contributed by atoms with Gasteiger partial charge in [-0.3, -0.25) is 9.69 Å². The summed E-state index contributed by atoms with van der Waals surface area (Å²) in [6, 6.07) is 12.5. The van der Waals surface area contributed by atoms with Crippen molar-refractivity contribution in [3.05, 3.63) is 59.2 Å². The average Bonchev–Trinajstić information content (AvgIpc) is 2.62. The Morgan fingerprint density at radius 2 is 1.67 bits per heavy atom. The van der Waals surface area contributed by atoms with Crippen LogP contribution in [0.4, 0.5) is 14.5 Å². The molecule has 2 aromatic rings. The largest absolute Gasteiger partial charge is 0.435 e. The second-order valence-corrected chi connectivity index (χ2v) is 6.40. The zero-order valence-corrected chi connectivity index (χ0v) is 16.0. The van der Waals surface area contributed by atoms with E-state index in [1.807, 2.05) is 30.1 Å². The van der Waals surface area contributed by atoms with E-state index in [0.717, 1.165) is 35.2 Å². The summed E-state index contributed by atoms with van der Waals surface area (Å²) in [5, 5.41) is 3.04. The molecule has 0 aliphatic carbocycles. The fourth-order valence-corrected chi connectivity index (χ4v) is 2.97. The van der Waals surface area contributed by atoms with Crippen LogP contribution in [0.1, 0.15) is 30.5 Å². The molecule has 27 heavy (non-hydrogen) atoms. The van der Waals surface area contributed by atoms with Gasteiger partial charge < -0.3 is 10.1 Å². The molecule has 0 saturated carbocycles. The average molecular weight is 376 g/mol. The standard InChI is InChI=1S/C21H26F2N2O2/c1-4-16-7-6-8-17(5-2)20(16)24-19(26)14-25(3)13-15-9-11-18(12-10-15)27-21(22)23/h6-12,21H,4-5,13-14H2,1-3H3,(H,24,26). The predicted molar refractivity (Wildman–Crippen MR) is 103 cm³/mol. The maximum atomic E-state index is 12.5. The van der Waals surface area contributed by atoms with Gasteiger partial charge in [-0.15, -0.1) is 0 Å². The maximum Gasteiger partial charge on any atom is 0.387 e. The number of carbonyl (C=O) groups is 1. The van der Waals surface area contributed by atoms with Gasteiger partial charge in [0.05, 0.1) is 6.54 Å². The first-order valence-electron chi connectivity index (χ1n) is 9.05. The lowest BCUT2D eigenvalue weighted by molar-refractivity contribution is -0.117. The fraction of sp³-hybridized carbons (Fsp3) is 0.381. The first-order chi connectivity index (χ1) is 12.9. The van der Waals surface area contributed by atoms with Crippen molar-refractivity contribution in [1.82, 2.24) is 4.90 Å². The topological polar surface area (TPSA) is 41.6 Å². The molecule has 0 heterocycles. The van der Waals surface area contributed by atoms with Crippen LogP contribution in [0.3, 0.4) is 0 Å². The lowest BCUT2D eigenvalue weighted by atomic mass is 10.0. The van der Waals surface area contributed by atoms with Crippen molar-refractivity contribution in [3.8, 4) is 5.75 Å². The normalized spacial score (nSPS) is 11.1. The summed E-state index contributed by atoms with van der Waals surface area (Å²) < 4.78 is 28.7. The Kier molecular flexibility index (Phi) is 7.73. The van der Waals surface area contributed by atoms with E-state index in [0.29, 0.717) is 6.54 Å². The van der Waals surface area contributed by atoms with Gasteiger partial charge in [-0.05, 0) is 48.7 Å². The molecule has 146 valence electrons. The van der Waals surface area contributed by atoms with Gasteiger partial charge in [0.15, 0.2) is 0 Å². The van der Waals surface area contributed by atoms with E-state index >= 15 is 0 Å². The molecule has 0 unspecified atom stereocenters. The molecule has 0 aromatic heterocycles. The number of carbonyl (C=O) groups excluding carboxylic acids is 1. The highest BCUT2D eigenvalue weighted by molar-refractivity contribution is 5.93. The molecule has 0 spiro atoms. The van der Waals surface area contributed by atoms with Crippen LogP contribution >= 0.6 is 0 Å². The van der Waals surface area contributed by atoms with E-state index < -0.39 is 6.61 Å². The second-order valence-electron chi connectivity index (χ2n) is 6.40. The summed E-state index contributed by atoms with van der Waals surface area (Å²) in [7, 11) is 1.84. The molecule has 4 nitrogen and oxygen atoms in total. The molecule has 0 saturated heterocycles. The Morgan fingerprint density at radius 3 is 2.19 bits per heavy atom. The second kappa shape index (κ2) is 10.0. The molecular weight excluding hydrogens is 350 g/mol. The predicted octanol–water partition coefficient (Wildman–Crippen LogP) is 4.48. The molecule has 1 N–H and O–H groups in total. The first-order valence-corrected chi connectivity index (χ1v) is 9.05. The van der Waals surface area contributed by atoms with Crippen LogP contribution in [0.15, 0.2) is 42.5 Å². The number of hydrogen-bond donors (Lipinski definition) is 1. The minimum absolute atomic E-state index is 0.0780. The van der Waals surface area contributed by atoms with Crippen LogP contribution in [0.5, 0.6) is 5.75 Å². The van der Waals surface area contributed by atoms with Gasteiger partial charge in [0.1, 0.15) is 5.75 Å². The molecule has 0 aliphatic rings. The highest BCUT2D eigenvalue weighted by atomic mass is 19.3. The molecule has 0 fully saturated rings. The van der Waals surface area contributed by atoms with Gasteiger partial charge in [0, 0.05) is 12.2 Å². The molecule has 0 atom stereocenters. The summed E-state index contributed by atoms with van der Waals surface area (Å²) in [5.41, 5.74) is 4.07. The number of para-hydroxylation sites is 1. The van der Waals surface area contributed by atoms with E-state index in [1.54, 1.807) is 12.1 Å². The number of halogens is 2. The van der Waals surface area contributed by atoms with Gasteiger partial charge in [0.2, 0.25) is 5.91 Å². The number of nitrogens with one attached hydrogen (secondary N) is 1. The lowest BCUT2D eigenvalue weighted by Gasteiger charge is -2.19. The Bertz CT molecular complexity index is 726. The fourth-order valence-electron chi connectivity index (χ4n) is 2.97. The van der Waals surface area contributed by atoms with Crippen LogP contribution in [0.25, 0.3) is 0 Å². The van der Waals surface area contributed by atoms with Crippen LogP contribution < -0.4 is 10.1 Å². The molecular formula is C21H26F2N2O2. The van der Waals surface area contributed by atoms with Crippen LogP contribution in [-0.4, -0.2) is 31.0 Å². The number of aryl methyl sites for hydroxylation is 2. The minimum Gasteiger partial charge on any atom is -0.435 e. The van der Waals surface area contributed by atoms with Crippen LogP contribution in [0, 0.1) is 0 Å². The number of amides is 1. The number of rotatable bonds is 9. The Morgan fingerprint density at radius 1 is 1.07 bits per heavy atom. The maximum absolute atomic E-state index is 12.5. The van der Waals surface area contributed by atoms with Gasteiger partial charge >= 0.3 is 6.61 Å². The summed E-state index contributed by atoms with van der Waals surface area (Å²) in [6.45, 7) is 2.06. The van der Waals surface area contributed by atoms with Crippen LogP contribution in [0.2, 0.25) is 0 Å². The molecule has 2 rings (SSSR count). The Balaban J connectivity index is 1.94. The van der Waals surface area contributed by atoms with Crippen molar-refractivity contribution in [1.29, 1.82) is 0 Å².